The zero-order valence-corrected chi connectivity index (χ0v) is 11.6. The summed E-state index contributed by atoms with van der Waals surface area (Å²) in [6, 6.07) is 0. The van der Waals surface area contributed by atoms with Gasteiger partial charge in [0.15, 0.2) is 0 Å². The van der Waals surface area contributed by atoms with Gasteiger partial charge in [0, 0.05) is 39.5 Å². The fraction of sp³-hybridized carbons (Fsp3) is 0.786. The van der Waals surface area contributed by atoms with Crippen molar-refractivity contribution in [1.82, 2.24) is 15.0 Å². The first-order valence-corrected chi connectivity index (χ1v) is 7.26. The van der Waals surface area contributed by atoms with Crippen LogP contribution in [0.2, 0.25) is 0 Å². The Labute approximate surface area is 109 Å². The van der Waals surface area contributed by atoms with Crippen molar-refractivity contribution < 1.29 is 0 Å². The molecule has 1 aliphatic carbocycles. The molecule has 4 heteroatoms. The number of nitrogens with one attached hydrogen (secondary N) is 1. The normalized spacial score (nSPS) is 20.8. The molecular formula is C14H24N4. The summed E-state index contributed by atoms with van der Waals surface area (Å²) in [7, 11) is 4.27. The van der Waals surface area contributed by atoms with Crippen molar-refractivity contribution in [1.29, 1.82) is 0 Å². The monoisotopic (exact) mass is 248 g/mol. The van der Waals surface area contributed by atoms with Crippen LogP contribution in [0, 0.1) is 0 Å². The number of aromatic nitrogens is 2. The Hall–Kier alpha value is -1.03. The number of imidazole rings is 1. The van der Waals surface area contributed by atoms with Crippen LogP contribution < -0.4 is 10.3 Å². The molecule has 0 saturated heterocycles. The molecule has 0 spiro atoms. The lowest BCUT2D eigenvalue weighted by Gasteiger charge is -2.27. The molecule has 18 heavy (non-hydrogen) atoms. The van der Waals surface area contributed by atoms with Crippen molar-refractivity contribution in [3.63, 3.8) is 0 Å². The van der Waals surface area contributed by atoms with Gasteiger partial charge in [-0.15, -0.1) is 0 Å². The van der Waals surface area contributed by atoms with Crippen LogP contribution in [0.3, 0.4) is 0 Å². The minimum atomic E-state index is 0.673. The quantitative estimate of drug-likeness (QED) is 0.866. The first-order valence-electron chi connectivity index (χ1n) is 7.26. The number of hydrogen-bond donors (Lipinski definition) is 1. The molecule has 2 aliphatic rings. The summed E-state index contributed by atoms with van der Waals surface area (Å²) < 4.78 is 2.38. The van der Waals surface area contributed by atoms with Crippen molar-refractivity contribution in [3.05, 3.63) is 17.2 Å². The lowest BCUT2D eigenvalue weighted by atomic mass is 9.89. The summed E-state index contributed by atoms with van der Waals surface area (Å²) in [4.78, 5) is 4.95. The fourth-order valence-corrected chi connectivity index (χ4v) is 3.39. The minimum Gasteiger partial charge on any atom is -0.317 e. The molecule has 1 N–H and O–H groups in total. The molecule has 1 saturated carbocycles. The molecule has 3 rings (SSSR count). The van der Waals surface area contributed by atoms with Gasteiger partial charge in [0.05, 0.1) is 11.4 Å². The van der Waals surface area contributed by atoms with Crippen molar-refractivity contribution in [3.8, 4) is 0 Å². The predicted octanol–water partition coefficient (Wildman–Crippen LogP) is 1.77. The predicted molar refractivity (Wildman–Crippen MR) is 73.5 cm³/mol. The lowest BCUT2D eigenvalue weighted by Crippen LogP contribution is -2.33. The van der Waals surface area contributed by atoms with E-state index in [-0.39, 0.29) is 0 Å². The highest BCUT2D eigenvalue weighted by atomic mass is 15.5. The molecule has 0 radical (unpaired) electrons. The van der Waals surface area contributed by atoms with Crippen LogP contribution in [-0.4, -0.2) is 30.3 Å². The van der Waals surface area contributed by atoms with Gasteiger partial charge < -0.3 is 10.3 Å². The van der Waals surface area contributed by atoms with Gasteiger partial charge in [0.2, 0.25) is 0 Å². The largest absolute Gasteiger partial charge is 0.317 e. The van der Waals surface area contributed by atoms with Gasteiger partial charge >= 0.3 is 0 Å². The zero-order chi connectivity index (χ0) is 12.5. The molecular weight excluding hydrogens is 224 g/mol. The van der Waals surface area contributed by atoms with Gasteiger partial charge in [0.25, 0.3) is 0 Å². The van der Waals surface area contributed by atoms with Gasteiger partial charge in [-0.05, 0) is 12.8 Å². The van der Waals surface area contributed by atoms with Crippen molar-refractivity contribution in [2.24, 2.45) is 0 Å². The second-order valence-electron chi connectivity index (χ2n) is 5.78. The van der Waals surface area contributed by atoms with E-state index < -0.39 is 0 Å². The van der Waals surface area contributed by atoms with Gasteiger partial charge in [0.1, 0.15) is 5.82 Å². The summed E-state index contributed by atoms with van der Waals surface area (Å²) >= 11 is 0. The van der Waals surface area contributed by atoms with E-state index in [1.807, 2.05) is 0 Å². The fourth-order valence-electron chi connectivity index (χ4n) is 3.39. The zero-order valence-electron chi connectivity index (χ0n) is 11.6. The summed E-state index contributed by atoms with van der Waals surface area (Å²) in [5.41, 5.74) is 2.70. The Morgan fingerprint density at radius 2 is 2.00 bits per heavy atom. The van der Waals surface area contributed by atoms with Crippen LogP contribution in [-0.2, 0) is 13.0 Å². The van der Waals surface area contributed by atoms with Crippen LogP contribution in [0.1, 0.15) is 55.2 Å². The maximum absolute atomic E-state index is 4.95. The second kappa shape index (κ2) is 4.92. The van der Waals surface area contributed by atoms with E-state index >= 15 is 0 Å². The Morgan fingerprint density at radius 1 is 1.22 bits per heavy atom. The highest BCUT2D eigenvalue weighted by molar-refractivity contribution is 5.24. The average molecular weight is 248 g/mol. The van der Waals surface area contributed by atoms with Gasteiger partial charge in [-0.2, -0.15) is 0 Å². The van der Waals surface area contributed by atoms with Crippen molar-refractivity contribution in [2.75, 3.05) is 25.6 Å². The molecule has 1 aromatic heterocycles. The van der Waals surface area contributed by atoms with E-state index in [9.17, 15) is 0 Å². The minimum absolute atomic E-state index is 0.673. The number of fused-ring (bicyclic) bond motifs is 1. The van der Waals surface area contributed by atoms with Crippen molar-refractivity contribution in [2.45, 2.75) is 51.0 Å². The number of nitrogens with zero attached hydrogens (tertiary/aromatic N) is 3. The third-order valence-electron chi connectivity index (χ3n) is 4.26. The Kier molecular flexibility index (Phi) is 3.29. The van der Waals surface area contributed by atoms with Crippen LogP contribution in [0.5, 0.6) is 0 Å². The summed E-state index contributed by atoms with van der Waals surface area (Å²) in [5.74, 6) is 1.99. The number of hydrogen-bond acceptors (Lipinski definition) is 3. The lowest BCUT2D eigenvalue weighted by molar-refractivity contribution is 0.414. The molecule has 4 nitrogen and oxygen atoms in total. The van der Waals surface area contributed by atoms with Crippen molar-refractivity contribution >= 4 is 0 Å². The highest BCUT2D eigenvalue weighted by Gasteiger charge is 2.26. The van der Waals surface area contributed by atoms with Crippen LogP contribution in [0.25, 0.3) is 0 Å². The molecule has 2 heterocycles. The molecule has 1 fully saturated rings. The molecule has 0 aromatic carbocycles. The van der Waals surface area contributed by atoms with Gasteiger partial charge in [-0.3, -0.25) is 0 Å². The van der Waals surface area contributed by atoms with E-state index in [1.165, 1.54) is 49.3 Å². The van der Waals surface area contributed by atoms with E-state index in [0.717, 1.165) is 19.5 Å². The molecule has 0 amide bonds. The highest BCUT2D eigenvalue weighted by Crippen LogP contribution is 2.33. The maximum Gasteiger partial charge on any atom is 0.131 e. The van der Waals surface area contributed by atoms with E-state index in [4.69, 9.17) is 4.98 Å². The van der Waals surface area contributed by atoms with E-state index in [2.05, 4.69) is 29.1 Å². The third-order valence-corrected chi connectivity index (χ3v) is 4.26. The molecule has 1 aromatic rings. The molecule has 100 valence electrons. The van der Waals surface area contributed by atoms with Crippen LogP contribution in [0.4, 0.5) is 0 Å². The van der Waals surface area contributed by atoms with Gasteiger partial charge in [-0.25, -0.2) is 9.66 Å². The van der Waals surface area contributed by atoms with Crippen LogP contribution >= 0.6 is 0 Å². The molecule has 0 bridgehead atoms. The topological polar surface area (TPSA) is 33.1 Å². The number of rotatable bonds is 2. The molecule has 0 atom stereocenters. The Balaban J connectivity index is 1.99. The SMILES string of the molecule is CN(C)n1c(C2CCCCC2)nc2c1CCNC2. The third kappa shape index (κ3) is 2.03. The second-order valence-corrected chi connectivity index (χ2v) is 5.78. The summed E-state index contributed by atoms with van der Waals surface area (Å²) in [6.45, 7) is 2.02. The van der Waals surface area contributed by atoms with Crippen LogP contribution in [0.15, 0.2) is 0 Å². The first kappa shape index (κ1) is 12.0. The first-order chi connectivity index (χ1) is 8.77. The Morgan fingerprint density at radius 3 is 2.72 bits per heavy atom. The molecule has 0 unspecified atom stereocenters. The Bertz CT molecular complexity index is 416. The standard InChI is InChI=1S/C14H24N4/c1-17(2)18-13-8-9-15-10-12(13)16-14(18)11-6-4-3-5-7-11/h11,15H,3-10H2,1-2H3. The van der Waals surface area contributed by atoms with E-state index in [1.54, 1.807) is 0 Å². The van der Waals surface area contributed by atoms with Gasteiger partial charge in [-0.1, -0.05) is 19.3 Å². The van der Waals surface area contributed by atoms with E-state index in [0.29, 0.717) is 5.92 Å². The maximum atomic E-state index is 4.95. The smallest absolute Gasteiger partial charge is 0.131 e. The summed E-state index contributed by atoms with van der Waals surface area (Å²) in [5, 5.41) is 5.64. The average Bonchev–Trinajstić information content (AvgIpc) is 2.79. The molecule has 1 aliphatic heterocycles. The summed E-state index contributed by atoms with van der Waals surface area (Å²) in [6.07, 6.45) is 7.88.